The van der Waals surface area contributed by atoms with E-state index >= 15 is 0 Å². The molecule has 1 heterocycles. The SMILES string of the molecule is COc1ccc(S(=O)(=O)N2CCN(CCN(C)C)CC2)cc1C. The average Bonchev–Trinajstić information content (AvgIpc) is 2.53. The van der Waals surface area contributed by atoms with Crippen molar-refractivity contribution in [1.29, 1.82) is 0 Å². The molecule has 1 saturated heterocycles. The Morgan fingerprint density at radius 1 is 1.17 bits per heavy atom. The zero-order chi connectivity index (χ0) is 17.0. The molecule has 1 aromatic rings. The van der Waals surface area contributed by atoms with Crippen molar-refractivity contribution >= 4 is 10.0 Å². The van der Waals surface area contributed by atoms with E-state index in [4.69, 9.17) is 4.74 Å². The van der Waals surface area contributed by atoms with E-state index in [-0.39, 0.29) is 0 Å². The predicted molar refractivity (Wildman–Crippen MR) is 91.5 cm³/mol. The van der Waals surface area contributed by atoms with Gasteiger partial charge in [0.25, 0.3) is 0 Å². The molecule has 1 fully saturated rings. The van der Waals surface area contributed by atoms with Crippen LogP contribution in [0, 0.1) is 6.92 Å². The maximum Gasteiger partial charge on any atom is 0.243 e. The molecule has 2 rings (SSSR count). The molecule has 0 spiro atoms. The van der Waals surface area contributed by atoms with Crippen LogP contribution < -0.4 is 4.74 Å². The Morgan fingerprint density at radius 3 is 2.35 bits per heavy atom. The molecule has 0 unspecified atom stereocenters. The van der Waals surface area contributed by atoms with Crippen LogP contribution in [-0.4, -0.2) is 83.0 Å². The van der Waals surface area contributed by atoms with Crippen molar-refractivity contribution in [3.05, 3.63) is 23.8 Å². The molecule has 0 radical (unpaired) electrons. The van der Waals surface area contributed by atoms with E-state index in [0.717, 1.165) is 31.7 Å². The van der Waals surface area contributed by atoms with Crippen LogP contribution >= 0.6 is 0 Å². The molecule has 0 bridgehead atoms. The summed E-state index contributed by atoms with van der Waals surface area (Å²) in [7, 11) is 2.26. The fourth-order valence-corrected chi connectivity index (χ4v) is 4.20. The lowest BCUT2D eigenvalue weighted by molar-refractivity contribution is 0.174. The van der Waals surface area contributed by atoms with Crippen molar-refractivity contribution < 1.29 is 13.2 Å². The Morgan fingerprint density at radius 2 is 1.83 bits per heavy atom. The third kappa shape index (κ3) is 4.44. The Hall–Kier alpha value is -1.15. The Bertz CT molecular complexity index is 623. The van der Waals surface area contributed by atoms with Gasteiger partial charge in [0, 0.05) is 39.3 Å². The molecule has 7 heteroatoms. The largest absolute Gasteiger partial charge is 0.496 e. The second-order valence-electron chi connectivity index (χ2n) is 6.18. The lowest BCUT2D eigenvalue weighted by Gasteiger charge is -2.34. The zero-order valence-corrected chi connectivity index (χ0v) is 15.3. The Balaban J connectivity index is 2.03. The quantitative estimate of drug-likeness (QED) is 0.769. The van der Waals surface area contributed by atoms with Crippen molar-refractivity contribution in [3.8, 4) is 5.75 Å². The number of aryl methyl sites for hydroxylation is 1. The summed E-state index contributed by atoms with van der Waals surface area (Å²) in [5, 5.41) is 0. The smallest absolute Gasteiger partial charge is 0.243 e. The van der Waals surface area contributed by atoms with Gasteiger partial charge in [-0.3, -0.25) is 4.90 Å². The van der Waals surface area contributed by atoms with Crippen molar-refractivity contribution in [2.24, 2.45) is 0 Å². The first kappa shape index (κ1) is 18.2. The average molecular weight is 341 g/mol. The molecule has 23 heavy (non-hydrogen) atoms. The fourth-order valence-electron chi connectivity index (χ4n) is 2.70. The Labute approximate surface area is 139 Å². The number of piperazine rings is 1. The van der Waals surface area contributed by atoms with E-state index in [1.165, 1.54) is 0 Å². The van der Waals surface area contributed by atoms with Gasteiger partial charge < -0.3 is 9.64 Å². The summed E-state index contributed by atoms with van der Waals surface area (Å²) in [5.41, 5.74) is 0.832. The van der Waals surface area contributed by atoms with Crippen molar-refractivity contribution in [3.63, 3.8) is 0 Å². The molecule has 0 amide bonds. The minimum atomic E-state index is -3.42. The molecule has 0 aromatic heterocycles. The molecule has 6 nitrogen and oxygen atoms in total. The highest BCUT2D eigenvalue weighted by molar-refractivity contribution is 7.89. The zero-order valence-electron chi connectivity index (χ0n) is 14.4. The summed E-state index contributed by atoms with van der Waals surface area (Å²) in [6.45, 7) is 6.47. The molecule has 1 aliphatic heterocycles. The first-order chi connectivity index (χ1) is 10.8. The standard InChI is InChI=1S/C16H27N3O3S/c1-14-13-15(5-6-16(14)22-4)23(20,21)19-11-9-18(10-12-19)8-7-17(2)3/h5-6,13H,7-12H2,1-4H3. The first-order valence-electron chi connectivity index (χ1n) is 7.86. The number of sulfonamides is 1. The van der Waals surface area contributed by atoms with Gasteiger partial charge in [-0.15, -0.1) is 0 Å². The van der Waals surface area contributed by atoms with Crippen LogP contribution in [0.5, 0.6) is 5.75 Å². The van der Waals surface area contributed by atoms with Gasteiger partial charge in [-0.05, 0) is 44.8 Å². The molecule has 0 atom stereocenters. The highest BCUT2D eigenvalue weighted by Crippen LogP contribution is 2.24. The van der Waals surface area contributed by atoms with E-state index in [1.807, 2.05) is 21.0 Å². The number of ether oxygens (including phenoxy) is 1. The maximum atomic E-state index is 12.8. The lowest BCUT2D eigenvalue weighted by Crippen LogP contribution is -2.49. The fraction of sp³-hybridized carbons (Fsp3) is 0.625. The van der Waals surface area contributed by atoms with Crippen LogP contribution in [0.4, 0.5) is 0 Å². The number of benzene rings is 1. The number of nitrogens with zero attached hydrogens (tertiary/aromatic N) is 3. The topological polar surface area (TPSA) is 53.1 Å². The minimum absolute atomic E-state index is 0.345. The number of hydrogen-bond acceptors (Lipinski definition) is 5. The van der Waals surface area contributed by atoms with E-state index < -0.39 is 10.0 Å². The van der Waals surface area contributed by atoms with Gasteiger partial charge in [0.1, 0.15) is 5.75 Å². The predicted octanol–water partition coefficient (Wildman–Crippen LogP) is 0.872. The van der Waals surface area contributed by atoms with Crippen LogP contribution in [0.15, 0.2) is 23.1 Å². The highest BCUT2D eigenvalue weighted by atomic mass is 32.2. The summed E-state index contributed by atoms with van der Waals surface area (Å²) >= 11 is 0. The molecule has 1 aromatic carbocycles. The summed E-state index contributed by atoms with van der Waals surface area (Å²) in [4.78, 5) is 4.80. The number of likely N-dealkylation sites (N-methyl/N-ethyl adjacent to an activating group) is 1. The van der Waals surface area contributed by atoms with Crippen LogP contribution in [0.2, 0.25) is 0 Å². The Kier molecular flexibility index (Phi) is 6.02. The number of methoxy groups -OCH3 is 1. The van der Waals surface area contributed by atoms with Crippen LogP contribution in [0.1, 0.15) is 5.56 Å². The molecular weight excluding hydrogens is 314 g/mol. The molecule has 1 aliphatic rings. The van der Waals surface area contributed by atoms with E-state index in [9.17, 15) is 8.42 Å². The minimum Gasteiger partial charge on any atom is -0.496 e. The van der Waals surface area contributed by atoms with Gasteiger partial charge in [0.2, 0.25) is 10.0 Å². The van der Waals surface area contributed by atoms with Crippen LogP contribution in [0.3, 0.4) is 0 Å². The summed E-state index contributed by atoms with van der Waals surface area (Å²) in [6.07, 6.45) is 0. The van der Waals surface area contributed by atoms with Gasteiger partial charge in [-0.1, -0.05) is 0 Å². The third-order valence-electron chi connectivity index (χ3n) is 4.20. The molecule has 0 aliphatic carbocycles. The third-order valence-corrected chi connectivity index (χ3v) is 6.09. The molecule has 130 valence electrons. The van der Waals surface area contributed by atoms with Crippen molar-refractivity contribution in [2.45, 2.75) is 11.8 Å². The second-order valence-corrected chi connectivity index (χ2v) is 8.12. The summed E-state index contributed by atoms with van der Waals surface area (Å²) < 4.78 is 32.3. The van der Waals surface area contributed by atoms with Crippen molar-refractivity contribution in [2.75, 3.05) is 60.5 Å². The number of hydrogen-bond donors (Lipinski definition) is 0. The maximum absolute atomic E-state index is 12.8. The van der Waals surface area contributed by atoms with Crippen molar-refractivity contribution in [1.82, 2.24) is 14.1 Å². The van der Waals surface area contributed by atoms with E-state index in [0.29, 0.717) is 23.7 Å². The van der Waals surface area contributed by atoms with Gasteiger partial charge in [0.05, 0.1) is 12.0 Å². The van der Waals surface area contributed by atoms with Gasteiger partial charge in [0.15, 0.2) is 0 Å². The lowest BCUT2D eigenvalue weighted by atomic mass is 10.2. The molecule has 0 saturated carbocycles. The second kappa shape index (κ2) is 7.61. The molecular formula is C16H27N3O3S. The van der Waals surface area contributed by atoms with Crippen LogP contribution in [-0.2, 0) is 10.0 Å². The van der Waals surface area contributed by atoms with Gasteiger partial charge >= 0.3 is 0 Å². The van der Waals surface area contributed by atoms with E-state index in [1.54, 1.807) is 29.6 Å². The summed E-state index contributed by atoms with van der Waals surface area (Å²) in [5.74, 6) is 0.706. The van der Waals surface area contributed by atoms with Crippen LogP contribution in [0.25, 0.3) is 0 Å². The summed E-state index contributed by atoms with van der Waals surface area (Å²) in [6, 6.07) is 5.03. The monoisotopic (exact) mass is 341 g/mol. The number of rotatable bonds is 6. The van der Waals surface area contributed by atoms with E-state index in [2.05, 4.69) is 9.80 Å². The van der Waals surface area contributed by atoms with Gasteiger partial charge in [-0.2, -0.15) is 4.31 Å². The first-order valence-corrected chi connectivity index (χ1v) is 9.30. The van der Waals surface area contributed by atoms with Gasteiger partial charge in [-0.25, -0.2) is 8.42 Å². The highest BCUT2D eigenvalue weighted by Gasteiger charge is 2.28. The molecule has 0 N–H and O–H groups in total. The normalized spacial score (nSPS) is 17.6.